The van der Waals surface area contributed by atoms with E-state index in [0.29, 0.717) is 5.92 Å². The second-order valence-electron chi connectivity index (χ2n) is 4.26. The van der Waals surface area contributed by atoms with E-state index in [1.807, 2.05) is 0 Å². The predicted molar refractivity (Wildman–Crippen MR) is 47.9 cm³/mol. The lowest BCUT2D eigenvalue weighted by atomic mass is 9.93. The number of carbonyl (C=O) groups is 1. The number of carboxylic acids is 1. The van der Waals surface area contributed by atoms with Gasteiger partial charge in [-0.15, -0.1) is 0 Å². The van der Waals surface area contributed by atoms with Crippen molar-refractivity contribution in [3.05, 3.63) is 0 Å². The van der Waals surface area contributed by atoms with Crippen molar-refractivity contribution in [2.45, 2.75) is 39.5 Å². The highest BCUT2D eigenvalue weighted by molar-refractivity contribution is 5.69. The minimum absolute atomic E-state index is 0.168. The van der Waals surface area contributed by atoms with E-state index < -0.39 is 5.97 Å². The first-order valence-corrected chi connectivity index (χ1v) is 4.82. The highest BCUT2D eigenvalue weighted by Crippen LogP contribution is 2.36. The van der Waals surface area contributed by atoms with Crippen LogP contribution in [0.4, 0.5) is 0 Å². The maximum Gasteiger partial charge on any atom is 0.306 e. The molecule has 2 atom stereocenters. The summed E-state index contributed by atoms with van der Waals surface area (Å²) in [5.41, 5.74) is 0. The average molecular weight is 170 g/mol. The zero-order chi connectivity index (χ0) is 9.14. The molecule has 0 aromatic heterocycles. The molecule has 70 valence electrons. The highest BCUT2D eigenvalue weighted by Gasteiger charge is 2.25. The van der Waals surface area contributed by atoms with E-state index in [1.54, 1.807) is 6.92 Å². The van der Waals surface area contributed by atoms with Crippen LogP contribution in [0.15, 0.2) is 0 Å². The first-order chi connectivity index (χ1) is 5.59. The Morgan fingerprint density at radius 1 is 1.50 bits per heavy atom. The molecule has 1 aliphatic carbocycles. The molecule has 0 spiro atoms. The number of hydrogen-bond donors (Lipinski definition) is 1. The van der Waals surface area contributed by atoms with Crippen LogP contribution in [0, 0.1) is 17.8 Å². The molecule has 0 radical (unpaired) electrons. The molecule has 12 heavy (non-hydrogen) atoms. The molecule has 2 nitrogen and oxygen atoms in total. The Bertz CT molecular complexity index is 161. The molecule has 1 saturated carbocycles. The van der Waals surface area contributed by atoms with Gasteiger partial charge < -0.3 is 5.11 Å². The quantitative estimate of drug-likeness (QED) is 0.688. The Labute approximate surface area is 74.0 Å². The molecule has 1 aliphatic rings. The smallest absolute Gasteiger partial charge is 0.306 e. The fourth-order valence-corrected chi connectivity index (χ4v) is 1.72. The fraction of sp³-hybridized carbons (Fsp3) is 0.900. The normalized spacial score (nSPS) is 21.8. The molecule has 0 heterocycles. The van der Waals surface area contributed by atoms with Crippen LogP contribution in [0.5, 0.6) is 0 Å². The van der Waals surface area contributed by atoms with Crippen molar-refractivity contribution in [3.63, 3.8) is 0 Å². The zero-order valence-corrected chi connectivity index (χ0v) is 7.92. The summed E-state index contributed by atoms with van der Waals surface area (Å²) in [6.07, 6.45) is 4.81. The van der Waals surface area contributed by atoms with Gasteiger partial charge in [0.2, 0.25) is 0 Å². The summed E-state index contributed by atoms with van der Waals surface area (Å²) >= 11 is 0. The summed E-state index contributed by atoms with van der Waals surface area (Å²) in [7, 11) is 0. The van der Waals surface area contributed by atoms with Gasteiger partial charge in [-0.2, -0.15) is 0 Å². The van der Waals surface area contributed by atoms with Crippen LogP contribution in [0.2, 0.25) is 0 Å². The van der Waals surface area contributed by atoms with Gasteiger partial charge in [-0.05, 0) is 24.7 Å². The summed E-state index contributed by atoms with van der Waals surface area (Å²) < 4.78 is 0. The van der Waals surface area contributed by atoms with Crippen LogP contribution in [-0.4, -0.2) is 11.1 Å². The molecule has 1 rings (SSSR count). The molecule has 0 amide bonds. The summed E-state index contributed by atoms with van der Waals surface area (Å²) in [5, 5.41) is 8.68. The highest BCUT2D eigenvalue weighted by atomic mass is 16.4. The van der Waals surface area contributed by atoms with Gasteiger partial charge in [-0.3, -0.25) is 4.79 Å². The van der Waals surface area contributed by atoms with Crippen molar-refractivity contribution in [2.75, 3.05) is 0 Å². The van der Waals surface area contributed by atoms with E-state index >= 15 is 0 Å². The summed E-state index contributed by atoms with van der Waals surface area (Å²) in [6.45, 7) is 3.96. The predicted octanol–water partition coefficient (Wildman–Crippen LogP) is 2.53. The maximum atomic E-state index is 10.5. The van der Waals surface area contributed by atoms with Crippen molar-refractivity contribution in [1.29, 1.82) is 0 Å². The van der Waals surface area contributed by atoms with Gasteiger partial charge >= 0.3 is 5.97 Å². The van der Waals surface area contributed by atoms with Crippen LogP contribution in [0.3, 0.4) is 0 Å². The molecule has 2 heteroatoms. The standard InChI is InChI=1S/C10H18O2/c1-7(6-9-3-4-9)5-8(2)10(11)12/h7-9H,3-6H2,1-2H3,(H,11,12). The fourth-order valence-electron chi connectivity index (χ4n) is 1.72. The third kappa shape index (κ3) is 3.24. The third-order valence-corrected chi connectivity index (χ3v) is 2.61. The van der Waals surface area contributed by atoms with Crippen molar-refractivity contribution >= 4 is 5.97 Å². The van der Waals surface area contributed by atoms with Gasteiger partial charge in [0.1, 0.15) is 0 Å². The van der Waals surface area contributed by atoms with E-state index in [4.69, 9.17) is 5.11 Å². The largest absolute Gasteiger partial charge is 0.481 e. The molecule has 1 fully saturated rings. The van der Waals surface area contributed by atoms with E-state index in [0.717, 1.165) is 12.3 Å². The van der Waals surface area contributed by atoms with Gasteiger partial charge in [0.15, 0.2) is 0 Å². The Morgan fingerprint density at radius 2 is 2.08 bits per heavy atom. The summed E-state index contributed by atoms with van der Waals surface area (Å²) in [5.74, 6) is 0.681. The van der Waals surface area contributed by atoms with E-state index in [-0.39, 0.29) is 5.92 Å². The average Bonchev–Trinajstić information content (AvgIpc) is 2.71. The Hall–Kier alpha value is -0.530. The van der Waals surface area contributed by atoms with Gasteiger partial charge in [0.25, 0.3) is 0 Å². The van der Waals surface area contributed by atoms with Crippen LogP contribution < -0.4 is 0 Å². The lowest BCUT2D eigenvalue weighted by Gasteiger charge is -2.13. The second-order valence-corrected chi connectivity index (χ2v) is 4.26. The Balaban J connectivity index is 2.14. The second kappa shape index (κ2) is 3.92. The van der Waals surface area contributed by atoms with Crippen molar-refractivity contribution in [3.8, 4) is 0 Å². The lowest BCUT2D eigenvalue weighted by molar-refractivity contribution is -0.141. The molecule has 0 aromatic carbocycles. The van der Waals surface area contributed by atoms with E-state index in [1.165, 1.54) is 19.3 Å². The van der Waals surface area contributed by atoms with Crippen LogP contribution >= 0.6 is 0 Å². The van der Waals surface area contributed by atoms with Crippen LogP contribution in [0.25, 0.3) is 0 Å². The van der Waals surface area contributed by atoms with Gasteiger partial charge in [0, 0.05) is 0 Å². The minimum Gasteiger partial charge on any atom is -0.481 e. The number of hydrogen-bond acceptors (Lipinski definition) is 1. The number of carboxylic acid groups (broad SMARTS) is 1. The Kier molecular flexibility index (Phi) is 3.12. The SMILES string of the molecule is CC(CC1CC1)CC(C)C(=O)O. The zero-order valence-electron chi connectivity index (χ0n) is 7.92. The minimum atomic E-state index is -0.655. The van der Waals surface area contributed by atoms with Crippen LogP contribution in [-0.2, 0) is 4.79 Å². The van der Waals surface area contributed by atoms with E-state index in [9.17, 15) is 4.79 Å². The van der Waals surface area contributed by atoms with Gasteiger partial charge in [-0.25, -0.2) is 0 Å². The van der Waals surface area contributed by atoms with Crippen molar-refractivity contribution in [2.24, 2.45) is 17.8 Å². The Morgan fingerprint density at radius 3 is 2.50 bits per heavy atom. The molecule has 0 saturated heterocycles. The first-order valence-electron chi connectivity index (χ1n) is 4.82. The molecule has 1 N–H and O–H groups in total. The molecular formula is C10H18O2. The van der Waals surface area contributed by atoms with Gasteiger partial charge in [0.05, 0.1) is 5.92 Å². The molecule has 0 aliphatic heterocycles. The lowest BCUT2D eigenvalue weighted by Crippen LogP contribution is -2.13. The van der Waals surface area contributed by atoms with Crippen molar-refractivity contribution < 1.29 is 9.90 Å². The third-order valence-electron chi connectivity index (χ3n) is 2.61. The molecule has 0 aromatic rings. The van der Waals surface area contributed by atoms with E-state index in [2.05, 4.69) is 6.92 Å². The summed E-state index contributed by atoms with van der Waals surface area (Å²) in [6, 6.07) is 0. The van der Waals surface area contributed by atoms with Gasteiger partial charge in [-0.1, -0.05) is 26.7 Å². The topological polar surface area (TPSA) is 37.3 Å². The first kappa shape index (κ1) is 9.56. The summed E-state index contributed by atoms with van der Waals surface area (Å²) in [4.78, 5) is 10.5. The number of rotatable bonds is 5. The monoisotopic (exact) mass is 170 g/mol. The molecule has 2 unspecified atom stereocenters. The van der Waals surface area contributed by atoms with Crippen molar-refractivity contribution in [1.82, 2.24) is 0 Å². The molecule has 0 bridgehead atoms. The maximum absolute atomic E-state index is 10.5. The van der Waals surface area contributed by atoms with Crippen LogP contribution in [0.1, 0.15) is 39.5 Å². The number of aliphatic carboxylic acids is 1. The molecular weight excluding hydrogens is 152 g/mol.